The van der Waals surface area contributed by atoms with Gasteiger partial charge in [-0.3, -0.25) is 0 Å². The number of rotatable bonds is 28. The van der Waals surface area contributed by atoms with E-state index in [1.807, 2.05) is 0 Å². The van der Waals surface area contributed by atoms with Gasteiger partial charge in [0, 0.05) is 78.5 Å². The van der Waals surface area contributed by atoms with Crippen LogP contribution in [0.15, 0.2) is 231 Å². The zero-order valence-corrected chi connectivity index (χ0v) is 58.0. The van der Waals surface area contributed by atoms with Crippen molar-refractivity contribution in [3.05, 3.63) is 286 Å². The van der Waals surface area contributed by atoms with Crippen LogP contribution < -0.4 is 0 Å². The molecule has 0 saturated heterocycles. The van der Waals surface area contributed by atoms with E-state index >= 15 is 0 Å². The van der Waals surface area contributed by atoms with Crippen LogP contribution in [0, 0.1) is 23.7 Å². The molecule has 0 saturated carbocycles. The fourth-order valence-corrected chi connectivity index (χ4v) is 13.1. The number of hydrogen-bond acceptors (Lipinski definition) is 8. The molecule has 0 amide bonds. The molecule has 10 aromatic carbocycles. The summed E-state index contributed by atoms with van der Waals surface area (Å²) in [5.41, 5.74) is 14.1. The Kier molecular flexibility index (Phi) is 23.4. The van der Waals surface area contributed by atoms with Crippen LogP contribution in [0.3, 0.4) is 0 Å². The van der Waals surface area contributed by atoms with Gasteiger partial charge in [0.2, 0.25) is 0 Å². The molecule has 94 heavy (non-hydrogen) atoms. The summed E-state index contributed by atoms with van der Waals surface area (Å²) in [6, 6.07) is 86.1. The van der Waals surface area contributed by atoms with E-state index in [4.69, 9.17) is 0 Å². The maximum Gasteiger partial charge on any atom is 0.107 e. The molecule has 10 aromatic rings. The summed E-state index contributed by atoms with van der Waals surface area (Å²) < 4.78 is 0. The van der Waals surface area contributed by atoms with Gasteiger partial charge in [-0.1, -0.05) is 230 Å². The molecular formula is C86H98N8. The molecule has 0 heterocycles. The van der Waals surface area contributed by atoms with Gasteiger partial charge in [-0.15, -0.1) is 0 Å². The van der Waals surface area contributed by atoms with Crippen molar-refractivity contribution in [2.75, 3.05) is 137 Å². The van der Waals surface area contributed by atoms with Crippen molar-refractivity contribution in [2.45, 2.75) is 37.0 Å². The van der Waals surface area contributed by atoms with E-state index in [0.717, 1.165) is 123 Å². The van der Waals surface area contributed by atoms with E-state index in [1.165, 1.54) is 54.9 Å². The first-order valence-corrected chi connectivity index (χ1v) is 33.4. The Morgan fingerprint density at radius 3 is 0.809 bits per heavy atom. The maximum atomic E-state index is 4.16. The summed E-state index contributed by atoms with van der Waals surface area (Å²) >= 11 is 0. The Hall–Kier alpha value is -8.48. The maximum absolute atomic E-state index is 4.16. The number of hydrogen-bond donors (Lipinski definition) is 0. The summed E-state index contributed by atoms with van der Waals surface area (Å²) in [5.74, 6) is 15.9. The van der Waals surface area contributed by atoms with Gasteiger partial charge < -0.3 is 39.2 Å². The van der Waals surface area contributed by atoms with Gasteiger partial charge in [0.15, 0.2) is 0 Å². The molecule has 0 fully saturated rings. The average Bonchev–Trinajstić information content (AvgIpc) is 0.764. The van der Waals surface area contributed by atoms with Gasteiger partial charge in [0.05, 0.1) is 0 Å². The van der Waals surface area contributed by atoms with Crippen molar-refractivity contribution in [1.82, 2.24) is 39.2 Å². The highest BCUT2D eigenvalue weighted by Gasteiger charge is 2.38. The lowest BCUT2D eigenvalue weighted by Crippen LogP contribution is -2.31. The topological polar surface area (TPSA) is 25.9 Å². The van der Waals surface area contributed by atoms with Gasteiger partial charge >= 0.3 is 0 Å². The van der Waals surface area contributed by atoms with Gasteiger partial charge in [0.1, 0.15) is 10.8 Å². The summed E-state index contributed by atoms with van der Waals surface area (Å²) in [5, 5.41) is 4.84. The van der Waals surface area contributed by atoms with Crippen LogP contribution in [0.1, 0.15) is 55.6 Å². The highest BCUT2D eigenvalue weighted by molar-refractivity contribution is 5.98. The molecule has 0 spiro atoms. The molecule has 10 rings (SSSR count). The van der Waals surface area contributed by atoms with Crippen LogP contribution in [-0.2, 0) is 37.0 Å². The second-order valence-electron chi connectivity index (χ2n) is 27.2. The van der Waals surface area contributed by atoms with E-state index in [0.29, 0.717) is 0 Å². The quantitative estimate of drug-likeness (QED) is 0.0354. The molecule has 0 aliphatic rings. The molecule has 0 N–H and O–H groups in total. The SMILES string of the molecule is CN(C)CCN(C)Cc1cccc(C(C#CC#CC(c2cccc(CN(C)CCN(C)C)c2)(c2cccc(CN(C)CCN(C)C)c2)c2cccc(-c3cccc4ccccc34)c2)(c2cccc(CN(C)CCN(C)C)c2)c2cccc(-c3cccc4ccccc34)c2)c1. The predicted molar refractivity (Wildman–Crippen MR) is 399 cm³/mol. The second-order valence-corrected chi connectivity index (χ2v) is 27.2. The van der Waals surface area contributed by atoms with Crippen LogP contribution in [-0.4, -0.2) is 176 Å². The predicted octanol–water partition coefficient (Wildman–Crippen LogP) is 14.7. The Balaban J connectivity index is 1.27. The molecule has 0 aromatic heterocycles. The van der Waals surface area contributed by atoms with Crippen molar-refractivity contribution < 1.29 is 0 Å². The highest BCUT2D eigenvalue weighted by Crippen LogP contribution is 2.44. The third-order valence-corrected chi connectivity index (χ3v) is 18.3. The van der Waals surface area contributed by atoms with Gasteiger partial charge in [-0.25, -0.2) is 0 Å². The number of fused-ring (bicyclic) bond motifs is 2. The number of nitrogens with zero attached hydrogens (tertiary/aromatic N) is 8. The third-order valence-electron chi connectivity index (χ3n) is 18.3. The minimum absolute atomic E-state index is 0.785. The highest BCUT2D eigenvalue weighted by atomic mass is 15.2. The minimum atomic E-state index is -1.00. The van der Waals surface area contributed by atoms with Crippen LogP contribution in [0.25, 0.3) is 43.8 Å². The molecule has 482 valence electrons. The van der Waals surface area contributed by atoms with Crippen molar-refractivity contribution >= 4 is 21.5 Å². The Labute approximate surface area is 563 Å². The summed E-state index contributed by atoms with van der Waals surface area (Å²) in [6.45, 7) is 10.7. The first kappa shape index (κ1) is 68.4. The third kappa shape index (κ3) is 17.1. The molecular weight excluding hydrogens is 1150 g/mol. The normalized spacial score (nSPS) is 12.1. The molecule has 0 aliphatic heterocycles. The molecule has 0 bridgehead atoms. The molecule has 0 atom stereocenters. The lowest BCUT2D eigenvalue weighted by atomic mass is 9.68. The smallest absolute Gasteiger partial charge is 0.107 e. The van der Waals surface area contributed by atoms with Gasteiger partial charge in [-0.2, -0.15) is 0 Å². The van der Waals surface area contributed by atoms with Crippen LogP contribution >= 0.6 is 0 Å². The van der Waals surface area contributed by atoms with Crippen molar-refractivity contribution in [3.8, 4) is 45.9 Å². The Morgan fingerprint density at radius 2 is 0.511 bits per heavy atom. The molecule has 0 radical (unpaired) electrons. The largest absolute Gasteiger partial charge is 0.308 e. The number of benzene rings is 10. The van der Waals surface area contributed by atoms with Crippen molar-refractivity contribution in [3.63, 3.8) is 0 Å². The lowest BCUT2D eigenvalue weighted by Gasteiger charge is -2.33. The van der Waals surface area contributed by atoms with Crippen molar-refractivity contribution in [1.29, 1.82) is 0 Å². The van der Waals surface area contributed by atoms with Crippen LogP contribution in [0.2, 0.25) is 0 Å². The zero-order valence-electron chi connectivity index (χ0n) is 58.0. The second kappa shape index (κ2) is 32.1. The monoisotopic (exact) mass is 1240 g/mol. The van der Waals surface area contributed by atoms with Gasteiger partial charge in [-0.05, 0) is 208 Å². The van der Waals surface area contributed by atoms with Crippen molar-refractivity contribution in [2.24, 2.45) is 0 Å². The Morgan fingerprint density at radius 1 is 0.255 bits per heavy atom. The zero-order chi connectivity index (χ0) is 66.2. The van der Waals surface area contributed by atoms with E-state index in [9.17, 15) is 0 Å². The average molecular weight is 1240 g/mol. The Bertz CT molecular complexity index is 3860. The van der Waals surface area contributed by atoms with E-state index in [1.54, 1.807) is 0 Å². The fraction of sp³-hybridized carbons (Fsp3) is 0.302. The molecule has 0 unspecified atom stereocenters. The van der Waals surface area contributed by atoms with Crippen LogP contribution in [0.4, 0.5) is 0 Å². The molecule has 0 aliphatic carbocycles. The summed E-state index contributed by atoms with van der Waals surface area (Å²) in [4.78, 5) is 18.7. The summed E-state index contributed by atoms with van der Waals surface area (Å²) in [7, 11) is 26.1. The number of likely N-dealkylation sites (N-methyl/N-ethyl adjacent to an activating group) is 8. The van der Waals surface area contributed by atoms with E-state index < -0.39 is 10.8 Å². The van der Waals surface area contributed by atoms with Crippen LogP contribution in [0.5, 0.6) is 0 Å². The van der Waals surface area contributed by atoms with Gasteiger partial charge in [0.25, 0.3) is 0 Å². The van der Waals surface area contributed by atoms with E-state index in [-0.39, 0.29) is 0 Å². The first-order chi connectivity index (χ1) is 45.5. The molecule has 8 nitrogen and oxygen atoms in total. The lowest BCUT2D eigenvalue weighted by molar-refractivity contribution is 0.276. The standard InChI is InChI=1S/C86H98N8/c1-87(2)49-53-91(9)63-67-27-19-37-75(57-67)85(76-38-20-28-68(58-76)64-92(10)54-50-88(3)4,79-41-23-35-73(61-79)83-45-25-33-71-31-13-15-43-81(71)83)47-17-18-48-86(77-39-21-29-69(59-77)65-93(11)55-51-89(5)6,78-40-22-30-70(60-78)66-94(12)56-52-90(7)8)80-42-24-36-74(62-80)84-46-26-34-72-32-14-16-44-82(72)84/h13-16,19-46,57-62H,49-56,63-66H2,1-12H3. The first-order valence-electron chi connectivity index (χ1n) is 33.4. The van der Waals surface area contributed by atoms with E-state index in [2.05, 4.69) is 378 Å². The minimum Gasteiger partial charge on any atom is -0.308 e. The molecule has 8 heteroatoms. The summed E-state index contributed by atoms with van der Waals surface area (Å²) in [6.07, 6.45) is 0. The fourth-order valence-electron chi connectivity index (χ4n) is 13.1.